The molecule has 5 heteroatoms. The first-order valence-electron chi connectivity index (χ1n) is 6.11. The van der Waals surface area contributed by atoms with Gasteiger partial charge in [0.25, 0.3) is 0 Å². The predicted octanol–water partition coefficient (Wildman–Crippen LogP) is 2.76. The van der Waals surface area contributed by atoms with Crippen LogP contribution in [-0.4, -0.2) is 16.7 Å². The molecule has 18 heavy (non-hydrogen) atoms. The Kier molecular flexibility index (Phi) is 4.14. The van der Waals surface area contributed by atoms with E-state index in [0.29, 0.717) is 0 Å². The number of thiophene rings is 1. The van der Waals surface area contributed by atoms with Crippen molar-refractivity contribution in [3.05, 3.63) is 34.1 Å². The van der Waals surface area contributed by atoms with E-state index in [1.54, 1.807) is 0 Å². The standard InChI is InChI=1S/C13H19N3OS/c1-13(2,3)11-5-4-10(18-11)8-14-7-6-12-15-9-17-16-12/h4-5,9,14H,6-8H2,1-3H3. The van der Waals surface area contributed by atoms with Crippen molar-refractivity contribution in [3.63, 3.8) is 0 Å². The van der Waals surface area contributed by atoms with Crippen LogP contribution in [0.3, 0.4) is 0 Å². The van der Waals surface area contributed by atoms with Crippen molar-refractivity contribution in [2.45, 2.75) is 39.2 Å². The van der Waals surface area contributed by atoms with E-state index in [1.165, 1.54) is 16.1 Å². The minimum absolute atomic E-state index is 0.244. The number of hydrogen-bond acceptors (Lipinski definition) is 5. The van der Waals surface area contributed by atoms with Gasteiger partial charge in [-0.3, -0.25) is 0 Å². The smallest absolute Gasteiger partial charge is 0.213 e. The van der Waals surface area contributed by atoms with Crippen molar-refractivity contribution in [1.29, 1.82) is 0 Å². The monoisotopic (exact) mass is 265 g/mol. The minimum atomic E-state index is 0.244. The first-order chi connectivity index (χ1) is 8.55. The molecule has 0 aliphatic rings. The average Bonchev–Trinajstić information content (AvgIpc) is 2.95. The molecule has 98 valence electrons. The molecule has 2 aromatic rings. The molecule has 0 saturated carbocycles. The summed E-state index contributed by atoms with van der Waals surface area (Å²) >= 11 is 1.88. The Morgan fingerprint density at radius 3 is 2.78 bits per heavy atom. The van der Waals surface area contributed by atoms with Crippen LogP contribution in [0.1, 0.15) is 36.3 Å². The molecule has 0 unspecified atom stereocenters. The first-order valence-corrected chi connectivity index (χ1v) is 6.92. The fourth-order valence-electron chi connectivity index (χ4n) is 1.59. The molecule has 0 spiro atoms. The van der Waals surface area contributed by atoms with E-state index in [0.717, 1.165) is 25.3 Å². The second-order valence-corrected chi connectivity index (χ2v) is 6.46. The lowest BCUT2D eigenvalue weighted by molar-refractivity contribution is 0.409. The molecular weight excluding hydrogens is 246 g/mol. The molecule has 0 aromatic carbocycles. The Labute approximate surface area is 111 Å². The van der Waals surface area contributed by atoms with Crippen molar-refractivity contribution < 1.29 is 4.52 Å². The zero-order valence-electron chi connectivity index (χ0n) is 11.1. The second-order valence-electron chi connectivity index (χ2n) is 5.29. The molecular formula is C13H19N3OS. The summed E-state index contributed by atoms with van der Waals surface area (Å²) < 4.78 is 4.68. The van der Waals surface area contributed by atoms with Crippen LogP contribution in [0.25, 0.3) is 0 Å². The molecule has 2 heterocycles. The SMILES string of the molecule is CC(C)(C)c1ccc(CNCCc2ncon2)s1. The van der Waals surface area contributed by atoms with E-state index in [9.17, 15) is 0 Å². The van der Waals surface area contributed by atoms with Crippen LogP contribution in [-0.2, 0) is 18.4 Å². The molecule has 0 fully saturated rings. The van der Waals surface area contributed by atoms with Crippen LogP contribution in [0.4, 0.5) is 0 Å². The number of nitrogens with one attached hydrogen (secondary N) is 1. The Morgan fingerprint density at radius 2 is 2.17 bits per heavy atom. The lowest BCUT2D eigenvalue weighted by Crippen LogP contribution is -2.16. The van der Waals surface area contributed by atoms with Gasteiger partial charge in [-0.15, -0.1) is 11.3 Å². The van der Waals surface area contributed by atoms with Crippen LogP contribution >= 0.6 is 11.3 Å². The van der Waals surface area contributed by atoms with Crippen LogP contribution in [0.5, 0.6) is 0 Å². The van der Waals surface area contributed by atoms with Gasteiger partial charge in [0.05, 0.1) is 0 Å². The number of aromatic nitrogens is 2. The third-order valence-electron chi connectivity index (χ3n) is 2.63. The molecule has 2 rings (SSSR count). The lowest BCUT2D eigenvalue weighted by atomic mass is 9.95. The van der Waals surface area contributed by atoms with Gasteiger partial charge < -0.3 is 9.84 Å². The maximum atomic E-state index is 4.68. The van der Waals surface area contributed by atoms with E-state index in [2.05, 4.69) is 52.9 Å². The van der Waals surface area contributed by atoms with E-state index in [1.807, 2.05) is 11.3 Å². The maximum Gasteiger partial charge on any atom is 0.213 e. The van der Waals surface area contributed by atoms with E-state index in [-0.39, 0.29) is 5.41 Å². The highest BCUT2D eigenvalue weighted by Crippen LogP contribution is 2.29. The highest BCUT2D eigenvalue weighted by Gasteiger charge is 2.15. The van der Waals surface area contributed by atoms with Crippen molar-refractivity contribution in [2.24, 2.45) is 0 Å². The largest absolute Gasteiger partial charge is 0.343 e. The molecule has 0 saturated heterocycles. The molecule has 0 radical (unpaired) electrons. The topological polar surface area (TPSA) is 51.0 Å². The van der Waals surface area contributed by atoms with Crippen molar-refractivity contribution >= 4 is 11.3 Å². The maximum absolute atomic E-state index is 4.68. The Morgan fingerprint density at radius 1 is 1.33 bits per heavy atom. The summed E-state index contributed by atoms with van der Waals surface area (Å²) in [7, 11) is 0. The van der Waals surface area contributed by atoms with Crippen LogP contribution in [0.15, 0.2) is 23.0 Å². The first kappa shape index (κ1) is 13.2. The zero-order valence-corrected chi connectivity index (χ0v) is 11.9. The molecule has 0 aliphatic heterocycles. The quantitative estimate of drug-likeness (QED) is 0.845. The number of rotatable bonds is 5. The zero-order chi connectivity index (χ0) is 13.0. The van der Waals surface area contributed by atoms with Gasteiger partial charge in [0.2, 0.25) is 6.39 Å². The van der Waals surface area contributed by atoms with E-state index < -0.39 is 0 Å². The summed E-state index contributed by atoms with van der Waals surface area (Å²) in [6.07, 6.45) is 2.16. The predicted molar refractivity (Wildman–Crippen MR) is 72.7 cm³/mol. The molecule has 0 aliphatic carbocycles. The van der Waals surface area contributed by atoms with Crippen molar-refractivity contribution in [3.8, 4) is 0 Å². The van der Waals surface area contributed by atoms with Gasteiger partial charge in [0.15, 0.2) is 5.82 Å². The van der Waals surface area contributed by atoms with E-state index >= 15 is 0 Å². The van der Waals surface area contributed by atoms with Gasteiger partial charge in [-0.2, -0.15) is 4.98 Å². The van der Waals surface area contributed by atoms with E-state index in [4.69, 9.17) is 0 Å². The summed E-state index contributed by atoms with van der Waals surface area (Å²) in [5, 5.41) is 7.17. The molecule has 0 bridgehead atoms. The molecule has 1 N–H and O–H groups in total. The summed E-state index contributed by atoms with van der Waals surface area (Å²) in [5.41, 5.74) is 0.244. The molecule has 0 atom stereocenters. The fourth-order valence-corrected chi connectivity index (χ4v) is 2.63. The van der Waals surface area contributed by atoms with Gasteiger partial charge in [-0.25, -0.2) is 0 Å². The van der Waals surface area contributed by atoms with Gasteiger partial charge >= 0.3 is 0 Å². The van der Waals surface area contributed by atoms with Crippen LogP contribution in [0.2, 0.25) is 0 Å². The van der Waals surface area contributed by atoms with Gasteiger partial charge in [0.1, 0.15) is 0 Å². The van der Waals surface area contributed by atoms with Crippen molar-refractivity contribution in [2.75, 3.05) is 6.54 Å². The number of hydrogen-bond donors (Lipinski definition) is 1. The fraction of sp³-hybridized carbons (Fsp3) is 0.538. The Balaban J connectivity index is 1.75. The summed E-state index contributed by atoms with van der Waals surface area (Å²) in [6, 6.07) is 4.42. The highest BCUT2D eigenvalue weighted by molar-refractivity contribution is 7.12. The normalized spacial score (nSPS) is 11.9. The molecule has 0 amide bonds. The Bertz CT molecular complexity index is 471. The van der Waals surface area contributed by atoms with Crippen molar-refractivity contribution in [1.82, 2.24) is 15.5 Å². The van der Waals surface area contributed by atoms with Crippen LogP contribution in [0, 0.1) is 0 Å². The average molecular weight is 265 g/mol. The summed E-state index contributed by atoms with van der Waals surface area (Å²) in [4.78, 5) is 6.78. The number of nitrogens with zero attached hydrogens (tertiary/aromatic N) is 2. The van der Waals surface area contributed by atoms with Crippen LogP contribution < -0.4 is 5.32 Å². The summed E-state index contributed by atoms with van der Waals surface area (Å²) in [5.74, 6) is 0.754. The Hall–Kier alpha value is -1.20. The second kappa shape index (κ2) is 5.63. The molecule has 4 nitrogen and oxygen atoms in total. The lowest BCUT2D eigenvalue weighted by Gasteiger charge is -2.15. The third-order valence-corrected chi connectivity index (χ3v) is 4.14. The summed E-state index contributed by atoms with van der Waals surface area (Å²) in [6.45, 7) is 8.49. The minimum Gasteiger partial charge on any atom is -0.343 e. The van der Waals surface area contributed by atoms with Gasteiger partial charge in [-0.05, 0) is 17.5 Å². The van der Waals surface area contributed by atoms with Gasteiger partial charge in [-0.1, -0.05) is 25.9 Å². The third kappa shape index (κ3) is 3.65. The van der Waals surface area contributed by atoms with Gasteiger partial charge in [0, 0.05) is 29.3 Å². The molecule has 2 aromatic heterocycles. The highest BCUT2D eigenvalue weighted by atomic mass is 32.1.